The van der Waals surface area contributed by atoms with Crippen molar-refractivity contribution in [2.75, 3.05) is 25.4 Å². The molecule has 1 aliphatic heterocycles. The van der Waals surface area contributed by atoms with Crippen molar-refractivity contribution in [2.24, 2.45) is 11.8 Å². The van der Waals surface area contributed by atoms with E-state index in [1.165, 1.54) is 6.42 Å². The van der Waals surface area contributed by atoms with Crippen molar-refractivity contribution < 1.29 is 5.11 Å². The molecule has 0 bridgehead atoms. The largest absolute Gasteiger partial charge is 0.393 e. The molecule has 3 heteroatoms. The molecule has 3 unspecified atom stereocenters. The standard InChI is InChI=1S/C11H23NOS/c1-3-10(8-14)6-12-5-4-11(7-12)9(2)13/h9-11,13-14H,3-8H2,1-2H3. The van der Waals surface area contributed by atoms with Crippen LogP contribution in [0.1, 0.15) is 26.7 Å². The topological polar surface area (TPSA) is 23.5 Å². The number of aliphatic hydroxyl groups excluding tert-OH is 1. The minimum Gasteiger partial charge on any atom is -0.393 e. The highest BCUT2D eigenvalue weighted by molar-refractivity contribution is 7.80. The Bertz CT molecular complexity index is 159. The van der Waals surface area contributed by atoms with Crippen molar-refractivity contribution in [1.82, 2.24) is 4.90 Å². The van der Waals surface area contributed by atoms with Gasteiger partial charge in [-0.05, 0) is 37.5 Å². The molecule has 0 saturated carbocycles. The van der Waals surface area contributed by atoms with Gasteiger partial charge in [0.1, 0.15) is 0 Å². The number of likely N-dealkylation sites (tertiary alicyclic amines) is 1. The molecule has 0 amide bonds. The fraction of sp³-hybridized carbons (Fsp3) is 1.00. The lowest BCUT2D eigenvalue weighted by molar-refractivity contribution is 0.126. The van der Waals surface area contributed by atoms with Gasteiger partial charge in [0.05, 0.1) is 6.10 Å². The Kier molecular flexibility index (Phi) is 5.28. The average Bonchev–Trinajstić information content (AvgIpc) is 2.62. The molecule has 84 valence electrons. The summed E-state index contributed by atoms with van der Waals surface area (Å²) in [5.74, 6) is 2.19. The number of aliphatic hydroxyl groups is 1. The van der Waals surface area contributed by atoms with Crippen LogP contribution in [-0.4, -0.2) is 41.5 Å². The van der Waals surface area contributed by atoms with Crippen molar-refractivity contribution in [3.05, 3.63) is 0 Å². The fourth-order valence-electron chi connectivity index (χ4n) is 2.10. The molecule has 0 aromatic heterocycles. The zero-order valence-electron chi connectivity index (χ0n) is 9.32. The highest BCUT2D eigenvalue weighted by atomic mass is 32.1. The van der Waals surface area contributed by atoms with Gasteiger partial charge in [0.25, 0.3) is 0 Å². The Balaban J connectivity index is 2.28. The summed E-state index contributed by atoms with van der Waals surface area (Å²) >= 11 is 4.36. The molecule has 2 nitrogen and oxygen atoms in total. The lowest BCUT2D eigenvalue weighted by atomic mass is 10.0. The predicted octanol–water partition coefficient (Wildman–Crippen LogP) is 1.65. The average molecular weight is 217 g/mol. The Morgan fingerprint density at radius 2 is 2.29 bits per heavy atom. The van der Waals surface area contributed by atoms with E-state index >= 15 is 0 Å². The van der Waals surface area contributed by atoms with Gasteiger partial charge < -0.3 is 10.0 Å². The van der Waals surface area contributed by atoms with Crippen LogP contribution in [0.5, 0.6) is 0 Å². The molecule has 1 N–H and O–H groups in total. The first-order chi connectivity index (χ1) is 6.67. The van der Waals surface area contributed by atoms with Gasteiger partial charge in [-0.2, -0.15) is 12.6 Å². The van der Waals surface area contributed by atoms with Crippen molar-refractivity contribution in [3.8, 4) is 0 Å². The van der Waals surface area contributed by atoms with Crippen LogP contribution in [0.4, 0.5) is 0 Å². The molecule has 14 heavy (non-hydrogen) atoms. The van der Waals surface area contributed by atoms with E-state index in [0.29, 0.717) is 11.8 Å². The van der Waals surface area contributed by atoms with E-state index in [2.05, 4.69) is 24.5 Å². The van der Waals surface area contributed by atoms with Gasteiger partial charge in [-0.1, -0.05) is 13.3 Å². The first kappa shape index (κ1) is 12.3. The van der Waals surface area contributed by atoms with Gasteiger partial charge in [-0.15, -0.1) is 0 Å². The van der Waals surface area contributed by atoms with Crippen molar-refractivity contribution >= 4 is 12.6 Å². The molecule has 0 aromatic rings. The van der Waals surface area contributed by atoms with Gasteiger partial charge in [-0.3, -0.25) is 0 Å². The van der Waals surface area contributed by atoms with Gasteiger partial charge in [0, 0.05) is 13.1 Å². The molecule has 0 spiro atoms. The Hall–Kier alpha value is 0.270. The van der Waals surface area contributed by atoms with Gasteiger partial charge >= 0.3 is 0 Å². The zero-order valence-corrected chi connectivity index (χ0v) is 10.2. The number of hydrogen-bond donors (Lipinski definition) is 2. The number of hydrogen-bond acceptors (Lipinski definition) is 3. The van der Waals surface area contributed by atoms with E-state index < -0.39 is 0 Å². The molecular weight excluding hydrogens is 194 g/mol. The van der Waals surface area contributed by atoms with E-state index in [1.54, 1.807) is 0 Å². The van der Waals surface area contributed by atoms with Crippen LogP contribution in [0.25, 0.3) is 0 Å². The molecule has 0 aromatic carbocycles. The van der Waals surface area contributed by atoms with Gasteiger partial charge in [-0.25, -0.2) is 0 Å². The van der Waals surface area contributed by atoms with Crippen molar-refractivity contribution in [2.45, 2.75) is 32.8 Å². The monoisotopic (exact) mass is 217 g/mol. The first-order valence-electron chi connectivity index (χ1n) is 5.68. The second kappa shape index (κ2) is 5.99. The lowest BCUT2D eigenvalue weighted by Crippen LogP contribution is -2.29. The molecule has 0 radical (unpaired) electrons. The molecule has 3 atom stereocenters. The molecule has 1 rings (SSSR count). The Morgan fingerprint density at radius 3 is 2.71 bits per heavy atom. The summed E-state index contributed by atoms with van der Waals surface area (Å²) in [6.45, 7) is 7.51. The third kappa shape index (κ3) is 3.44. The summed E-state index contributed by atoms with van der Waals surface area (Å²) in [6, 6.07) is 0. The van der Waals surface area contributed by atoms with Crippen LogP contribution >= 0.6 is 12.6 Å². The fourth-order valence-corrected chi connectivity index (χ4v) is 2.48. The highest BCUT2D eigenvalue weighted by Crippen LogP contribution is 2.21. The van der Waals surface area contributed by atoms with Crippen LogP contribution < -0.4 is 0 Å². The second-order valence-corrected chi connectivity index (χ2v) is 4.87. The SMILES string of the molecule is CCC(CS)CN1CCC(C(C)O)C1. The summed E-state index contributed by atoms with van der Waals surface area (Å²) < 4.78 is 0. The quantitative estimate of drug-likeness (QED) is 0.684. The van der Waals surface area contributed by atoms with E-state index in [0.717, 1.165) is 31.8 Å². The maximum atomic E-state index is 9.48. The summed E-state index contributed by atoms with van der Waals surface area (Å²) in [4.78, 5) is 2.47. The molecule has 1 aliphatic rings. The van der Waals surface area contributed by atoms with Crippen LogP contribution in [0.15, 0.2) is 0 Å². The highest BCUT2D eigenvalue weighted by Gasteiger charge is 2.26. The summed E-state index contributed by atoms with van der Waals surface area (Å²) in [6.07, 6.45) is 2.22. The minimum absolute atomic E-state index is 0.143. The number of thiol groups is 1. The second-order valence-electron chi connectivity index (χ2n) is 4.51. The van der Waals surface area contributed by atoms with Crippen molar-refractivity contribution in [3.63, 3.8) is 0 Å². The van der Waals surface area contributed by atoms with E-state index in [-0.39, 0.29) is 6.10 Å². The first-order valence-corrected chi connectivity index (χ1v) is 6.31. The lowest BCUT2D eigenvalue weighted by Gasteiger charge is -2.22. The predicted molar refractivity (Wildman–Crippen MR) is 63.9 cm³/mol. The van der Waals surface area contributed by atoms with Crippen LogP contribution in [0, 0.1) is 11.8 Å². The number of nitrogens with zero attached hydrogens (tertiary/aromatic N) is 1. The zero-order chi connectivity index (χ0) is 10.6. The molecule has 1 saturated heterocycles. The van der Waals surface area contributed by atoms with E-state index in [9.17, 15) is 5.11 Å². The Morgan fingerprint density at radius 1 is 1.57 bits per heavy atom. The van der Waals surface area contributed by atoms with Crippen LogP contribution in [0.2, 0.25) is 0 Å². The van der Waals surface area contributed by atoms with Gasteiger partial charge in [0.15, 0.2) is 0 Å². The van der Waals surface area contributed by atoms with Crippen LogP contribution in [-0.2, 0) is 0 Å². The smallest absolute Gasteiger partial charge is 0.0552 e. The maximum Gasteiger partial charge on any atom is 0.0552 e. The Labute approximate surface area is 93.1 Å². The van der Waals surface area contributed by atoms with E-state index in [4.69, 9.17) is 0 Å². The summed E-state index contributed by atoms with van der Waals surface area (Å²) in [7, 11) is 0. The molecule has 0 aliphatic carbocycles. The number of rotatable bonds is 5. The van der Waals surface area contributed by atoms with E-state index in [1.807, 2.05) is 6.92 Å². The molecule has 1 heterocycles. The summed E-state index contributed by atoms with van der Waals surface area (Å²) in [5, 5.41) is 9.48. The van der Waals surface area contributed by atoms with Crippen molar-refractivity contribution in [1.29, 1.82) is 0 Å². The summed E-state index contributed by atoms with van der Waals surface area (Å²) in [5.41, 5.74) is 0. The molecular formula is C11H23NOS. The van der Waals surface area contributed by atoms with Gasteiger partial charge in [0.2, 0.25) is 0 Å². The molecule has 1 fully saturated rings. The normalized spacial score (nSPS) is 27.9. The van der Waals surface area contributed by atoms with Crippen LogP contribution in [0.3, 0.4) is 0 Å². The maximum absolute atomic E-state index is 9.48. The minimum atomic E-state index is -0.143. The third-order valence-electron chi connectivity index (χ3n) is 3.34. The third-order valence-corrected chi connectivity index (χ3v) is 3.86.